The molecule has 0 unspecified atom stereocenters. The van der Waals surface area contributed by atoms with Gasteiger partial charge >= 0.3 is 0 Å². The molecule has 0 aromatic heterocycles. The van der Waals surface area contributed by atoms with Crippen LogP contribution in [0.1, 0.15) is 24.8 Å². The molecule has 0 atom stereocenters. The molecule has 1 fully saturated rings. The molecule has 0 saturated carbocycles. The van der Waals surface area contributed by atoms with Crippen LogP contribution in [0.4, 0.5) is 0 Å². The van der Waals surface area contributed by atoms with E-state index in [1.54, 1.807) is 30.3 Å². The summed E-state index contributed by atoms with van der Waals surface area (Å²) in [5.41, 5.74) is 0.663. The van der Waals surface area contributed by atoms with Crippen LogP contribution in [0.5, 0.6) is 5.75 Å². The van der Waals surface area contributed by atoms with Gasteiger partial charge in [-0.3, -0.25) is 0 Å². The number of rotatable bonds is 7. The van der Waals surface area contributed by atoms with E-state index < -0.39 is 20.0 Å². The quantitative estimate of drug-likeness (QED) is 0.737. The third-order valence-corrected chi connectivity index (χ3v) is 8.05. The van der Waals surface area contributed by atoms with Gasteiger partial charge in [-0.15, -0.1) is 0 Å². The Morgan fingerprint density at radius 2 is 1.57 bits per heavy atom. The maximum Gasteiger partial charge on any atom is 0.244 e. The molecule has 0 spiro atoms. The Bertz CT molecular complexity index is 1010. The average molecular weight is 425 g/mol. The van der Waals surface area contributed by atoms with Crippen molar-refractivity contribution in [3.8, 4) is 5.75 Å². The summed E-state index contributed by atoms with van der Waals surface area (Å²) in [6.45, 7) is 1.13. The Morgan fingerprint density at radius 3 is 2.21 bits per heavy atom. The summed E-state index contributed by atoms with van der Waals surface area (Å²) in [7, 11) is -5.84. The molecule has 7 nitrogen and oxygen atoms in total. The van der Waals surface area contributed by atoms with Crippen LogP contribution in [0.25, 0.3) is 0 Å². The number of hydrogen-bond acceptors (Lipinski definition) is 5. The molecule has 3 rings (SSSR count). The maximum absolute atomic E-state index is 12.7. The van der Waals surface area contributed by atoms with Gasteiger partial charge in [0.2, 0.25) is 20.0 Å². The van der Waals surface area contributed by atoms with Gasteiger partial charge in [-0.1, -0.05) is 30.7 Å². The van der Waals surface area contributed by atoms with Crippen LogP contribution in [0.3, 0.4) is 0 Å². The molecule has 1 N–H and O–H groups in total. The van der Waals surface area contributed by atoms with Crippen molar-refractivity contribution < 1.29 is 21.6 Å². The van der Waals surface area contributed by atoms with E-state index >= 15 is 0 Å². The van der Waals surface area contributed by atoms with Crippen LogP contribution in [-0.4, -0.2) is 41.3 Å². The fourth-order valence-corrected chi connectivity index (χ4v) is 5.83. The largest absolute Gasteiger partial charge is 0.495 e. The first-order valence-electron chi connectivity index (χ1n) is 9.06. The van der Waals surface area contributed by atoms with Gasteiger partial charge in [0, 0.05) is 19.6 Å². The number of piperidine rings is 1. The molecule has 1 aliphatic rings. The first-order chi connectivity index (χ1) is 13.3. The lowest BCUT2D eigenvalue weighted by atomic mass is 10.2. The number of para-hydroxylation sites is 1. The predicted molar refractivity (Wildman–Crippen MR) is 106 cm³/mol. The molecular weight excluding hydrogens is 400 g/mol. The van der Waals surface area contributed by atoms with E-state index in [1.807, 2.05) is 0 Å². The minimum atomic E-state index is -3.76. The molecule has 2 aromatic carbocycles. The molecule has 152 valence electrons. The van der Waals surface area contributed by atoms with Crippen molar-refractivity contribution in [1.29, 1.82) is 0 Å². The Labute approximate surface area is 166 Å². The number of hydrogen-bond donors (Lipinski definition) is 1. The molecule has 1 heterocycles. The number of sulfonamides is 2. The normalized spacial score (nSPS) is 16.0. The lowest BCUT2D eigenvalue weighted by Gasteiger charge is -2.25. The zero-order valence-electron chi connectivity index (χ0n) is 15.7. The smallest absolute Gasteiger partial charge is 0.244 e. The number of benzene rings is 2. The van der Waals surface area contributed by atoms with E-state index in [0.29, 0.717) is 18.7 Å². The van der Waals surface area contributed by atoms with Crippen molar-refractivity contribution in [2.75, 3.05) is 20.2 Å². The lowest BCUT2D eigenvalue weighted by molar-refractivity contribution is 0.346. The highest BCUT2D eigenvalue weighted by atomic mass is 32.2. The van der Waals surface area contributed by atoms with Crippen molar-refractivity contribution >= 4 is 20.0 Å². The molecule has 0 bridgehead atoms. The molecule has 2 aromatic rings. The molecule has 9 heteroatoms. The molecular formula is C19H24N2O5S2. The summed E-state index contributed by atoms with van der Waals surface area (Å²) in [6.07, 6.45) is 2.81. The van der Waals surface area contributed by atoms with E-state index in [0.717, 1.165) is 19.3 Å². The van der Waals surface area contributed by atoms with Gasteiger partial charge in [0.25, 0.3) is 0 Å². The van der Waals surface area contributed by atoms with Gasteiger partial charge in [0.1, 0.15) is 10.6 Å². The second kappa shape index (κ2) is 8.60. The fourth-order valence-electron chi connectivity index (χ4n) is 3.13. The van der Waals surface area contributed by atoms with E-state index in [2.05, 4.69) is 4.72 Å². The van der Waals surface area contributed by atoms with Gasteiger partial charge in [0.15, 0.2) is 0 Å². The maximum atomic E-state index is 12.7. The molecule has 28 heavy (non-hydrogen) atoms. The van der Waals surface area contributed by atoms with Crippen LogP contribution in [0.15, 0.2) is 58.3 Å². The van der Waals surface area contributed by atoms with Crippen molar-refractivity contribution in [1.82, 2.24) is 9.03 Å². The molecule has 0 aliphatic carbocycles. The molecule has 1 aliphatic heterocycles. The zero-order valence-corrected chi connectivity index (χ0v) is 17.3. The third-order valence-electron chi connectivity index (χ3n) is 4.70. The summed E-state index contributed by atoms with van der Waals surface area (Å²) in [4.78, 5) is 0.285. The van der Waals surface area contributed by atoms with Gasteiger partial charge in [-0.25, -0.2) is 21.6 Å². The van der Waals surface area contributed by atoms with Crippen LogP contribution in [-0.2, 0) is 26.6 Å². The summed E-state index contributed by atoms with van der Waals surface area (Å²) in [5.74, 6) is 0.262. The van der Waals surface area contributed by atoms with Crippen molar-refractivity contribution in [2.45, 2.75) is 35.6 Å². The average Bonchev–Trinajstić information content (AvgIpc) is 2.73. The van der Waals surface area contributed by atoms with Crippen LogP contribution < -0.4 is 9.46 Å². The Balaban J connectivity index is 1.71. The number of methoxy groups -OCH3 is 1. The topological polar surface area (TPSA) is 92.8 Å². The second-order valence-electron chi connectivity index (χ2n) is 6.58. The molecule has 1 saturated heterocycles. The summed E-state index contributed by atoms with van der Waals surface area (Å²) in [6, 6.07) is 12.7. The van der Waals surface area contributed by atoms with Crippen molar-refractivity contribution in [3.05, 3.63) is 54.1 Å². The fraction of sp³-hybridized carbons (Fsp3) is 0.368. The Hall–Kier alpha value is -1.94. The Morgan fingerprint density at radius 1 is 0.929 bits per heavy atom. The molecule has 0 amide bonds. The summed E-state index contributed by atoms with van der Waals surface area (Å²) >= 11 is 0. The first kappa shape index (κ1) is 20.8. The molecule has 0 radical (unpaired) electrons. The highest BCUT2D eigenvalue weighted by molar-refractivity contribution is 7.89. The van der Waals surface area contributed by atoms with Crippen molar-refractivity contribution in [3.63, 3.8) is 0 Å². The van der Waals surface area contributed by atoms with Gasteiger partial charge in [0.05, 0.1) is 12.0 Å². The predicted octanol–water partition coefficient (Wildman–Crippen LogP) is 2.35. The summed E-state index contributed by atoms with van der Waals surface area (Å²) in [5, 5.41) is 0. The van der Waals surface area contributed by atoms with Crippen LogP contribution in [0, 0.1) is 0 Å². The number of ether oxygens (including phenoxy) is 1. The van der Waals surface area contributed by atoms with Gasteiger partial charge < -0.3 is 4.74 Å². The van der Waals surface area contributed by atoms with E-state index in [1.165, 1.54) is 29.6 Å². The number of nitrogens with one attached hydrogen (secondary N) is 1. The monoisotopic (exact) mass is 424 g/mol. The van der Waals surface area contributed by atoms with E-state index in [-0.39, 0.29) is 22.1 Å². The van der Waals surface area contributed by atoms with Gasteiger partial charge in [-0.05, 0) is 42.7 Å². The minimum absolute atomic E-state index is 0.0461. The highest BCUT2D eigenvalue weighted by Crippen LogP contribution is 2.23. The van der Waals surface area contributed by atoms with Crippen LogP contribution >= 0.6 is 0 Å². The number of nitrogens with zero attached hydrogens (tertiary/aromatic N) is 1. The zero-order chi connectivity index (χ0) is 20.2. The standard InChI is InChI=1S/C19H24N2O5S2/c1-26-18-7-3-4-8-19(18)27(22,23)20-15-16-9-11-17(12-10-16)28(24,25)21-13-5-2-6-14-21/h3-4,7-12,20H,2,5-6,13-15H2,1H3. The third kappa shape index (κ3) is 4.54. The van der Waals surface area contributed by atoms with E-state index in [9.17, 15) is 16.8 Å². The first-order valence-corrected chi connectivity index (χ1v) is 12.0. The summed E-state index contributed by atoms with van der Waals surface area (Å²) < 4.78 is 59.5. The Kier molecular flexibility index (Phi) is 6.39. The van der Waals surface area contributed by atoms with Gasteiger partial charge in [-0.2, -0.15) is 4.31 Å². The van der Waals surface area contributed by atoms with Crippen LogP contribution in [0.2, 0.25) is 0 Å². The lowest BCUT2D eigenvalue weighted by Crippen LogP contribution is -2.35. The highest BCUT2D eigenvalue weighted by Gasteiger charge is 2.25. The minimum Gasteiger partial charge on any atom is -0.495 e. The SMILES string of the molecule is COc1ccccc1S(=O)(=O)NCc1ccc(S(=O)(=O)N2CCCCC2)cc1. The van der Waals surface area contributed by atoms with Crippen molar-refractivity contribution in [2.24, 2.45) is 0 Å². The second-order valence-corrected chi connectivity index (χ2v) is 10.3. The van der Waals surface area contributed by atoms with E-state index in [4.69, 9.17) is 4.74 Å².